The van der Waals surface area contributed by atoms with Crippen LogP contribution in [0.3, 0.4) is 0 Å². The normalized spacial score (nSPS) is 21.5. The Bertz CT molecular complexity index is 2110. The van der Waals surface area contributed by atoms with Crippen molar-refractivity contribution in [1.82, 2.24) is 15.0 Å². The molecule has 0 aliphatic heterocycles. The van der Waals surface area contributed by atoms with Crippen molar-refractivity contribution in [2.45, 2.75) is 51.4 Å². The number of benzene rings is 5. The van der Waals surface area contributed by atoms with Gasteiger partial charge in [-0.25, -0.2) is 15.0 Å². The number of fused-ring (bicyclic) bond motifs is 2. The van der Waals surface area contributed by atoms with Gasteiger partial charge in [-0.15, -0.1) is 0 Å². The third kappa shape index (κ3) is 6.18. The number of hydrogen-bond acceptors (Lipinski definition) is 4. The van der Waals surface area contributed by atoms with Crippen LogP contribution in [0, 0.1) is 29.1 Å². The minimum atomic E-state index is 0.272. The summed E-state index contributed by atoms with van der Waals surface area (Å²) in [4.78, 5) is 15.3. The van der Waals surface area contributed by atoms with Gasteiger partial charge in [0.2, 0.25) is 0 Å². The highest BCUT2D eigenvalue weighted by Crippen LogP contribution is 2.54. The van der Waals surface area contributed by atoms with Gasteiger partial charge in [-0.1, -0.05) is 117 Å². The van der Waals surface area contributed by atoms with Gasteiger partial charge >= 0.3 is 0 Å². The average molecular weight is 637 g/mol. The Morgan fingerprint density at radius 1 is 0.531 bits per heavy atom. The van der Waals surface area contributed by atoms with Crippen molar-refractivity contribution in [2.24, 2.45) is 17.8 Å². The zero-order valence-electron chi connectivity index (χ0n) is 28.2. The van der Waals surface area contributed by atoms with Gasteiger partial charge in [0.15, 0.2) is 17.5 Å². The maximum absolute atomic E-state index is 9.48. The monoisotopic (exact) mass is 636 g/mol. The third-order valence-corrected chi connectivity index (χ3v) is 10.7. The van der Waals surface area contributed by atoms with Crippen LogP contribution in [0.15, 0.2) is 127 Å². The van der Waals surface area contributed by atoms with Crippen molar-refractivity contribution in [3.63, 3.8) is 0 Å². The molecule has 8 rings (SSSR count). The van der Waals surface area contributed by atoms with Crippen molar-refractivity contribution in [3.8, 4) is 62.5 Å². The van der Waals surface area contributed by atoms with Crippen LogP contribution in [-0.4, -0.2) is 15.0 Å². The Morgan fingerprint density at radius 3 is 1.67 bits per heavy atom. The second kappa shape index (κ2) is 12.9. The zero-order valence-corrected chi connectivity index (χ0v) is 28.2. The summed E-state index contributed by atoms with van der Waals surface area (Å²) in [7, 11) is 0. The molecular weight excluding hydrogens is 597 g/mol. The molecule has 2 fully saturated rings. The highest BCUT2D eigenvalue weighted by Gasteiger charge is 2.45. The molecule has 49 heavy (non-hydrogen) atoms. The molecule has 240 valence electrons. The topological polar surface area (TPSA) is 62.5 Å². The molecule has 6 aromatic rings. The number of rotatable bonds is 6. The Kier molecular flexibility index (Phi) is 8.14. The predicted molar refractivity (Wildman–Crippen MR) is 198 cm³/mol. The maximum atomic E-state index is 9.48. The van der Waals surface area contributed by atoms with E-state index >= 15 is 0 Å². The number of hydrogen-bond donors (Lipinski definition) is 0. The molecule has 5 aromatic carbocycles. The van der Waals surface area contributed by atoms with Crippen LogP contribution in [0.1, 0.15) is 57.1 Å². The second-order valence-corrected chi connectivity index (χ2v) is 14.5. The largest absolute Gasteiger partial charge is 0.208 e. The Balaban J connectivity index is 1.25. The first-order chi connectivity index (χ1) is 24.0. The lowest BCUT2D eigenvalue weighted by Gasteiger charge is -2.50. The SMILES string of the molecule is C[C@@H]1CC2C[C@H](C)CC(c3ccc(-c4nc(-c5ccccc5)nc(-c5ccc(-c6ccccc6)cc5-c5ccc(C#N)cc5)n4)cc3)(C2)C1. The highest BCUT2D eigenvalue weighted by molar-refractivity contribution is 5.86. The second-order valence-electron chi connectivity index (χ2n) is 14.5. The van der Waals surface area contributed by atoms with Gasteiger partial charge in [0.25, 0.3) is 0 Å². The van der Waals surface area contributed by atoms with Crippen LogP contribution in [0.25, 0.3) is 56.4 Å². The van der Waals surface area contributed by atoms with E-state index < -0.39 is 0 Å². The van der Waals surface area contributed by atoms with E-state index in [0.29, 0.717) is 23.0 Å². The predicted octanol–water partition coefficient (Wildman–Crippen LogP) is 11.2. The fourth-order valence-electron chi connectivity index (χ4n) is 8.89. The molecular formula is C45H40N4. The van der Waals surface area contributed by atoms with Gasteiger partial charge in [-0.3, -0.25) is 0 Å². The van der Waals surface area contributed by atoms with E-state index in [0.717, 1.165) is 56.7 Å². The van der Waals surface area contributed by atoms with Crippen molar-refractivity contribution >= 4 is 0 Å². The van der Waals surface area contributed by atoms with Gasteiger partial charge in [0.1, 0.15) is 0 Å². The minimum Gasteiger partial charge on any atom is -0.208 e. The molecule has 1 heterocycles. The molecule has 1 aromatic heterocycles. The fourth-order valence-corrected chi connectivity index (χ4v) is 8.89. The Hall–Kier alpha value is -5.40. The summed E-state index contributed by atoms with van der Waals surface area (Å²) in [5.74, 6) is 4.30. The molecule has 2 aliphatic rings. The van der Waals surface area contributed by atoms with E-state index in [9.17, 15) is 5.26 Å². The standard InChI is InChI=1S/C45H40N4/c1-30-23-33-24-31(2)27-45(26-30,28-33)39-20-17-37(18-21-39)43-47-42(36-11-7-4-8-12-36)48-44(49-43)40-22-19-38(34-9-5-3-6-10-34)25-41(40)35-15-13-32(29-46)14-16-35/h3-22,25,30-31,33H,23-24,26-28H2,1-2H3/t30-,31+,33?,45?. The molecule has 4 nitrogen and oxygen atoms in total. The van der Waals surface area contributed by atoms with Gasteiger partial charge < -0.3 is 0 Å². The van der Waals surface area contributed by atoms with Crippen LogP contribution < -0.4 is 0 Å². The lowest BCUT2D eigenvalue weighted by Crippen LogP contribution is -2.42. The molecule has 2 saturated carbocycles. The van der Waals surface area contributed by atoms with E-state index in [1.165, 1.54) is 37.7 Å². The van der Waals surface area contributed by atoms with Crippen LogP contribution in [-0.2, 0) is 5.41 Å². The van der Waals surface area contributed by atoms with Crippen molar-refractivity contribution in [3.05, 3.63) is 139 Å². The highest BCUT2D eigenvalue weighted by atomic mass is 15.0. The third-order valence-electron chi connectivity index (χ3n) is 10.7. The van der Waals surface area contributed by atoms with E-state index in [4.69, 9.17) is 15.0 Å². The summed E-state index contributed by atoms with van der Waals surface area (Å²) >= 11 is 0. The van der Waals surface area contributed by atoms with Crippen LogP contribution in [0.2, 0.25) is 0 Å². The van der Waals surface area contributed by atoms with E-state index in [1.54, 1.807) is 0 Å². The van der Waals surface area contributed by atoms with E-state index in [1.807, 2.05) is 48.5 Å². The lowest BCUT2D eigenvalue weighted by molar-refractivity contribution is 0.0780. The number of nitrogens with zero attached hydrogens (tertiary/aromatic N) is 4. The molecule has 2 bridgehead atoms. The van der Waals surface area contributed by atoms with Crippen LogP contribution >= 0.6 is 0 Å². The summed E-state index contributed by atoms with van der Waals surface area (Å²) in [5.41, 5.74) is 9.47. The van der Waals surface area contributed by atoms with Crippen LogP contribution in [0.4, 0.5) is 0 Å². The summed E-state index contributed by atoms with van der Waals surface area (Å²) in [6.45, 7) is 4.89. The molecule has 4 heteroatoms. The molecule has 2 unspecified atom stereocenters. The van der Waals surface area contributed by atoms with Gasteiger partial charge in [-0.05, 0) is 107 Å². The van der Waals surface area contributed by atoms with E-state index in [2.05, 4.69) is 98.8 Å². The number of aromatic nitrogens is 3. The summed E-state index contributed by atoms with van der Waals surface area (Å²) in [5, 5.41) is 9.48. The lowest BCUT2D eigenvalue weighted by atomic mass is 9.54. The van der Waals surface area contributed by atoms with Gasteiger partial charge in [-0.2, -0.15) is 5.26 Å². The van der Waals surface area contributed by atoms with Crippen molar-refractivity contribution in [1.29, 1.82) is 5.26 Å². The Morgan fingerprint density at radius 2 is 1.06 bits per heavy atom. The molecule has 0 N–H and O–H groups in total. The molecule has 0 saturated heterocycles. The quantitative estimate of drug-likeness (QED) is 0.182. The number of nitriles is 1. The van der Waals surface area contributed by atoms with E-state index in [-0.39, 0.29) is 5.41 Å². The molecule has 0 amide bonds. The maximum Gasteiger partial charge on any atom is 0.164 e. The van der Waals surface area contributed by atoms with Gasteiger partial charge in [0.05, 0.1) is 11.6 Å². The van der Waals surface area contributed by atoms with Crippen molar-refractivity contribution < 1.29 is 0 Å². The first kappa shape index (κ1) is 30.9. The summed E-state index contributed by atoms with van der Waals surface area (Å²) in [6, 6.07) is 46.2. The minimum absolute atomic E-state index is 0.272. The average Bonchev–Trinajstić information content (AvgIpc) is 3.14. The van der Waals surface area contributed by atoms with Crippen molar-refractivity contribution in [2.75, 3.05) is 0 Å². The van der Waals surface area contributed by atoms with Gasteiger partial charge in [0, 0.05) is 16.7 Å². The Labute approximate surface area is 289 Å². The first-order valence-electron chi connectivity index (χ1n) is 17.6. The molecule has 0 spiro atoms. The van der Waals surface area contributed by atoms with Crippen LogP contribution in [0.5, 0.6) is 0 Å². The zero-order chi connectivity index (χ0) is 33.4. The molecule has 4 atom stereocenters. The summed E-state index contributed by atoms with van der Waals surface area (Å²) in [6.07, 6.45) is 6.61. The smallest absolute Gasteiger partial charge is 0.164 e. The fraction of sp³-hybridized carbons (Fsp3) is 0.244. The summed E-state index contributed by atoms with van der Waals surface area (Å²) < 4.78 is 0. The first-order valence-corrected chi connectivity index (χ1v) is 17.6. The molecule has 0 radical (unpaired) electrons. The molecule has 2 aliphatic carbocycles.